The molecule has 0 aromatic rings. The fraction of sp³-hybridized carbons (Fsp3) is 1.00. The first kappa shape index (κ1) is 9.80. The van der Waals surface area contributed by atoms with E-state index in [9.17, 15) is 0 Å². The van der Waals surface area contributed by atoms with Crippen molar-refractivity contribution < 1.29 is 20.4 Å². The third-order valence-corrected chi connectivity index (χ3v) is 1.22. The van der Waals surface area contributed by atoms with Crippen molar-refractivity contribution in [2.45, 2.75) is 18.3 Å². The average molecular weight is 151 g/mol. The minimum Gasteiger partial charge on any atom is -0.394 e. The molecule has 0 saturated heterocycles. The van der Waals surface area contributed by atoms with Crippen molar-refractivity contribution in [1.82, 2.24) is 0 Å². The molecule has 0 aromatic carbocycles. The van der Waals surface area contributed by atoms with Crippen LogP contribution in [0.15, 0.2) is 0 Å². The highest BCUT2D eigenvalue weighted by molar-refractivity contribution is 4.74. The monoisotopic (exact) mass is 151 g/mol. The van der Waals surface area contributed by atoms with Crippen molar-refractivity contribution >= 4 is 0 Å². The standard InChI is InChI=1S/C5H13NO4/c6-1-3(8)5(10)4(9)2-7/h3-5,7-10H,1-2,6H2/t3-,4+,5-/m1/s1. The van der Waals surface area contributed by atoms with E-state index in [2.05, 4.69) is 0 Å². The molecule has 5 heteroatoms. The van der Waals surface area contributed by atoms with E-state index in [1.165, 1.54) is 0 Å². The third kappa shape index (κ3) is 2.59. The van der Waals surface area contributed by atoms with Gasteiger partial charge >= 0.3 is 0 Å². The Morgan fingerprint density at radius 2 is 1.60 bits per heavy atom. The molecule has 0 amide bonds. The largest absolute Gasteiger partial charge is 0.394 e. The SMILES string of the molecule is NC[C@@H](O)[C@@H](O)[C@@H](O)CO. The molecule has 10 heavy (non-hydrogen) atoms. The van der Waals surface area contributed by atoms with Crippen LogP contribution >= 0.6 is 0 Å². The van der Waals surface area contributed by atoms with Gasteiger partial charge in [0.05, 0.1) is 12.7 Å². The number of nitrogens with two attached hydrogens (primary N) is 1. The van der Waals surface area contributed by atoms with Crippen LogP contribution in [0.2, 0.25) is 0 Å². The number of hydrogen-bond acceptors (Lipinski definition) is 5. The van der Waals surface area contributed by atoms with E-state index >= 15 is 0 Å². The Hall–Kier alpha value is -0.200. The zero-order valence-corrected chi connectivity index (χ0v) is 5.51. The number of rotatable bonds is 4. The van der Waals surface area contributed by atoms with Gasteiger partial charge in [-0.1, -0.05) is 0 Å². The molecular weight excluding hydrogens is 138 g/mol. The Labute approximate surface area is 58.7 Å². The van der Waals surface area contributed by atoms with Crippen LogP contribution in [-0.4, -0.2) is 51.9 Å². The van der Waals surface area contributed by atoms with Crippen molar-refractivity contribution in [3.63, 3.8) is 0 Å². The van der Waals surface area contributed by atoms with E-state index in [0.717, 1.165) is 0 Å². The normalized spacial score (nSPS) is 20.1. The Bertz CT molecular complexity index is 79.7. The van der Waals surface area contributed by atoms with E-state index in [0.29, 0.717) is 0 Å². The lowest BCUT2D eigenvalue weighted by Gasteiger charge is -2.19. The van der Waals surface area contributed by atoms with Crippen molar-refractivity contribution in [2.75, 3.05) is 13.2 Å². The summed E-state index contributed by atoms with van der Waals surface area (Å²) < 4.78 is 0. The topological polar surface area (TPSA) is 107 Å². The van der Waals surface area contributed by atoms with Gasteiger partial charge in [0.1, 0.15) is 12.2 Å². The molecule has 0 aliphatic heterocycles. The van der Waals surface area contributed by atoms with Gasteiger partial charge in [-0.25, -0.2) is 0 Å². The van der Waals surface area contributed by atoms with Crippen molar-refractivity contribution in [2.24, 2.45) is 5.73 Å². The van der Waals surface area contributed by atoms with Crippen LogP contribution in [0.4, 0.5) is 0 Å². The minimum atomic E-state index is -1.37. The van der Waals surface area contributed by atoms with Gasteiger partial charge in [-0.2, -0.15) is 0 Å². The molecule has 0 unspecified atom stereocenters. The Morgan fingerprint density at radius 1 is 1.10 bits per heavy atom. The van der Waals surface area contributed by atoms with Gasteiger partial charge < -0.3 is 26.2 Å². The maximum absolute atomic E-state index is 8.85. The molecule has 6 N–H and O–H groups in total. The van der Waals surface area contributed by atoms with Crippen LogP contribution in [0, 0.1) is 0 Å². The number of hydrogen-bond donors (Lipinski definition) is 5. The molecule has 0 spiro atoms. The van der Waals surface area contributed by atoms with Gasteiger partial charge in [-0.05, 0) is 0 Å². The Morgan fingerprint density at radius 3 is 1.90 bits per heavy atom. The van der Waals surface area contributed by atoms with Gasteiger partial charge in [0.25, 0.3) is 0 Å². The molecule has 0 bridgehead atoms. The first-order chi connectivity index (χ1) is 4.63. The molecule has 0 rings (SSSR count). The van der Waals surface area contributed by atoms with E-state index in [1.807, 2.05) is 0 Å². The average Bonchev–Trinajstić information content (AvgIpc) is 2.00. The second-order valence-electron chi connectivity index (χ2n) is 2.04. The predicted molar refractivity (Wildman–Crippen MR) is 34.2 cm³/mol. The van der Waals surface area contributed by atoms with E-state index < -0.39 is 24.9 Å². The second kappa shape index (κ2) is 4.59. The number of aliphatic hydroxyl groups excluding tert-OH is 4. The molecule has 3 atom stereocenters. The highest BCUT2D eigenvalue weighted by atomic mass is 16.4. The zero-order chi connectivity index (χ0) is 8.15. The van der Waals surface area contributed by atoms with Crippen molar-refractivity contribution in [3.05, 3.63) is 0 Å². The second-order valence-corrected chi connectivity index (χ2v) is 2.04. The summed E-state index contributed by atoms with van der Waals surface area (Å²) >= 11 is 0. The van der Waals surface area contributed by atoms with Crippen LogP contribution in [0.5, 0.6) is 0 Å². The molecular formula is C5H13NO4. The fourth-order valence-corrected chi connectivity index (χ4v) is 0.504. The van der Waals surface area contributed by atoms with Gasteiger partial charge in [-0.15, -0.1) is 0 Å². The molecule has 0 heterocycles. The lowest BCUT2D eigenvalue weighted by molar-refractivity contribution is -0.0727. The lowest BCUT2D eigenvalue weighted by Crippen LogP contribution is -2.43. The van der Waals surface area contributed by atoms with Gasteiger partial charge in [0.15, 0.2) is 0 Å². The smallest absolute Gasteiger partial charge is 0.109 e. The van der Waals surface area contributed by atoms with Crippen LogP contribution < -0.4 is 5.73 Å². The summed E-state index contributed by atoms with van der Waals surface area (Å²) in [7, 11) is 0. The molecule has 0 aromatic heterocycles. The summed E-state index contributed by atoms with van der Waals surface area (Å²) in [5.41, 5.74) is 4.96. The first-order valence-electron chi connectivity index (χ1n) is 2.98. The summed E-state index contributed by atoms with van der Waals surface area (Å²) in [6.07, 6.45) is -3.87. The van der Waals surface area contributed by atoms with Crippen LogP contribution in [-0.2, 0) is 0 Å². The quantitative estimate of drug-likeness (QED) is 0.295. The molecule has 0 saturated carbocycles. The highest BCUT2D eigenvalue weighted by Gasteiger charge is 2.22. The molecule has 0 aliphatic carbocycles. The van der Waals surface area contributed by atoms with Crippen LogP contribution in [0.3, 0.4) is 0 Å². The maximum Gasteiger partial charge on any atom is 0.109 e. The van der Waals surface area contributed by atoms with E-state index in [4.69, 9.17) is 26.2 Å². The summed E-state index contributed by atoms with van der Waals surface area (Å²) in [6, 6.07) is 0. The Kier molecular flexibility index (Phi) is 4.50. The zero-order valence-electron chi connectivity index (χ0n) is 5.51. The van der Waals surface area contributed by atoms with Crippen LogP contribution in [0.25, 0.3) is 0 Å². The molecule has 62 valence electrons. The predicted octanol–water partition coefficient (Wildman–Crippen LogP) is -2.98. The Balaban J connectivity index is 3.69. The lowest BCUT2D eigenvalue weighted by atomic mass is 10.1. The van der Waals surface area contributed by atoms with Gasteiger partial charge in [0.2, 0.25) is 0 Å². The van der Waals surface area contributed by atoms with Gasteiger partial charge in [-0.3, -0.25) is 0 Å². The molecule has 5 nitrogen and oxygen atoms in total. The van der Waals surface area contributed by atoms with Gasteiger partial charge in [0, 0.05) is 6.54 Å². The molecule has 0 aliphatic rings. The highest BCUT2D eigenvalue weighted by Crippen LogP contribution is 1.97. The minimum absolute atomic E-state index is 0.141. The van der Waals surface area contributed by atoms with Crippen LogP contribution in [0.1, 0.15) is 0 Å². The maximum atomic E-state index is 8.85. The third-order valence-electron chi connectivity index (χ3n) is 1.22. The van der Waals surface area contributed by atoms with E-state index in [-0.39, 0.29) is 6.54 Å². The fourth-order valence-electron chi connectivity index (χ4n) is 0.504. The summed E-state index contributed by atoms with van der Waals surface area (Å²) in [5.74, 6) is 0. The summed E-state index contributed by atoms with van der Waals surface area (Å²) in [5, 5.41) is 34.6. The summed E-state index contributed by atoms with van der Waals surface area (Å²) in [4.78, 5) is 0. The summed E-state index contributed by atoms with van der Waals surface area (Å²) in [6.45, 7) is -0.726. The van der Waals surface area contributed by atoms with Crippen molar-refractivity contribution in [3.8, 4) is 0 Å². The van der Waals surface area contributed by atoms with E-state index in [1.54, 1.807) is 0 Å². The first-order valence-corrected chi connectivity index (χ1v) is 2.98. The molecule has 0 fully saturated rings. The molecule has 0 radical (unpaired) electrons. The number of aliphatic hydroxyl groups is 4. The van der Waals surface area contributed by atoms with Crippen molar-refractivity contribution in [1.29, 1.82) is 0 Å².